The van der Waals surface area contributed by atoms with Crippen molar-refractivity contribution in [2.24, 2.45) is 5.92 Å². The molecule has 1 N–H and O–H groups in total. The molecule has 1 aliphatic heterocycles. The van der Waals surface area contributed by atoms with Gasteiger partial charge in [-0.1, -0.05) is 11.6 Å². The molecule has 2 heterocycles. The van der Waals surface area contributed by atoms with Gasteiger partial charge >= 0.3 is 0 Å². The number of aromatic nitrogens is 3. The first kappa shape index (κ1) is 21.1. The number of methoxy groups -OCH3 is 1. The minimum absolute atomic E-state index is 0.0548. The highest BCUT2D eigenvalue weighted by Crippen LogP contribution is 2.27. The van der Waals surface area contributed by atoms with E-state index in [-0.39, 0.29) is 11.8 Å². The van der Waals surface area contributed by atoms with Gasteiger partial charge in [0.05, 0.1) is 18.7 Å². The van der Waals surface area contributed by atoms with E-state index >= 15 is 0 Å². The molecule has 1 aromatic heterocycles. The van der Waals surface area contributed by atoms with Gasteiger partial charge < -0.3 is 15.0 Å². The Morgan fingerprint density at radius 3 is 2.93 bits per heavy atom. The number of hydrogen-bond acceptors (Lipinski definition) is 5. The monoisotopic (exact) mass is 419 g/mol. The molecular weight excluding hydrogens is 394 g/mol. The number of ether oxygens (including phenoxy) is 1. The molecule has 1 aliphatic rings. The topological polar surface area (TPSA) is 89.4 Å². The summed E-state index contributed by atoms with van der Waals surface area (Å²) in [5.74, 6) is 0.980. The fourth-order valence-electron chi connectivity index (χ4n) is 3.55. The van der Waals surface area contributed by atoms with E-state index in [1.165, 1.54) is 6.33 Å². The van der Waals surface area contributed by atoms with Crippen molar-refractivity contribution in [3.8, 4) is 5.75 Å². The van der Waals surface area contributed by atoms with Gasteiger partial charge in [-0.3, -0.25) is 14.3 Å². The third kappa shape index (κ3) is 6.19. The molecule has 1 saturated heterocycles. The number of nitrogens with zero attached hydrogens (tertiary/aromatic N) is 4. The van der Waals surface area contributed by atoms with Crippen LogP contribution < -0.4 is 10.1 Å². The van der Waals surface area contributed by atoms with Crippen molar-refractivity contribution in [3.63, 3.8) is 0 Å². The molecule has 0 unspecified atom stereocenters. The van der Waals surface area contributed by atoms with Crippen LogP contribution in [0.1, 0.15) is 32.1 Å². The van der Waals surface area contributed by atoms with Crippen LogP contribution in [0.15, 0.2) is 30.9 Å². The Balaban J connectivity index is 1.42. The van der Waals surface area contributed by atoms with Gasteiger partial charge in [0.2, 0.25) is 11.8 Å². The van der Waals surface area contributed by atoms with E-state index < -0.39 is 0 Å². The van der Waals surface area contributed by atoms with E-state index in [0.29, 0.717) is 48.3 Å². The van der Waals surface area contributed by atoms with Crippen molar-refractivity contribution < 1.29 is 14.3 Å². The number of aryl methyl sites for hydroxylation is 1. The number of likely N-dealkylation sites (tertiary alicyclic amines) is 1. The number of rotatable bonds is 8. The van der Waals surface area contributed by atoms with E-state index in [9.17, 15) is 9.59 Å². The maximum atomic E-state index is 12.5. The van der Waals surface area contributed by atoms with Gasteiger partial charge in [0.25, 0.3) is 0 Å². The van der Waals surface area contributed by atoms with Crippen molar-refractivity contribution in [1.29, 1.82) is 0 Å². The standard InChI is InChI=1S/C20H26ClN5O3/c1-29-18-6-5-16(11-17(18)21)24-19(27)7-4-15-3-2-9-25(12-15)20(28)8-10-26-14-22-13-23-26/h5-6,11,13-15H,2-4,7-10,12H2,1H3,(H,24,27)/t15-/m1/s1. The Morgan fingerprint density at radius 1 is 1.34 bits per heavy atom. The molecule has 2 aromatic rings. The quantitative estimate of drug-likeness (QED) is 0.710. The van der Waals surface area contributed by atoms with Crippen molar-refractivity contribution >= 4 is 29.1 Å². The molecule has 9 heteroatoms. The van der Waals surface area contributed by atoms with E-state index in [2.05, 4.69) is 15.4 Å². The molecule has 8 nitrogen and oxygen atoms in total. The number of benzene rings is 1. The zero-order chi connectivity index (χ0) is 20.6. The van der Waals surface area contributed by atoms with Crippen LogP contribution in [0.25, 0.3) is 0 Å². The van der Waals surface area contributed by atoms with Crippen molar-refractivity contribution in [2.45, 2.75) is 38.6 Å². The summed E-state index contributed by atoms with van der Waals surface area (Å²) in [6.45, 7) is 2.02. The lowest BCUT2D eigenvalue weighted by Crippen LogP contribution is -2.40. The van der Waals surface area contributed by atoms with Crippen LogP contribution in [0.5, 0.6) is 5.75 Å². The second-order valence-electron chi connectivity index (χ2n) is 7.19. The second kappa shape index (κ2) is 10.2. The summed E-state index contributed by atoms with van der Waals surface area (Å²) in [5.41, 5.74) is 0.648. The predicted molar refractivity (Wildman–Crippen MR) is 110 cm³/mol. The summed E-state index contributed by atoms with van der Waals surface area (Å²) in [5, 5.41) is 7.35. The number of amides is 2. The minimum atomic E-state index is -0.0548. The predicted octanol–water partition coefficient (Wildman–Crippen LogP) is 2.99. The number of hydrogen-bond donors (Lipinski definition) is 1. The molecule has 0 radical (unpaired) electrons. The number of anilines is 1. The fourth-order valence-corrected chi connectivity index (χ4v) is 3.80. The number of piperidine rings is 1. The van der Waals surface area contributed by atoms with Crippen LogP contribution in [-0.2, 0) is 16.1 Å². The normalized spacial score (nSPS) is 16.5. The lowest BCUT2D eigenvalue weighted by molar-refractivity contribution is -0.133. The van der Waals surface area contributed by atoms with Crippen molar-refractivity contribution in [3.05, 3.63) is 35.9 Å². The maximum absolute atomic E-state index is 12.5. The molecule has 2 amide bonds. The molecule has 29 heavy (non-hydrogen) atoms. The van der Waals surface area contributed by atoms with Gasteiger partial charge in [-0.15, -0.1) is 0 Å². The summed E-state index contributed by atoms with van der Waals surface area (Å²) in [4.78, 5) is 30.5. The van der Waals surface area contributed by atoms with Gasteiger partial charge in [-0.05, 0) is 43.4 Å². The Labute approximate surface area is 175 Å². The van der Waals surface area contributed by atoms with Gasteiger partial charge in [-0.25, -0.2) is 4.98 Å². The summed E-state index contributed by atoms with van der Waals surface area (Å²) in [6, 6.07) is 5.16. The van der Waals surface area contributed by atoms with E-state index in [0.717, 1.165) is 25.8 Å². The average Bonchev–Trinajstić information content (AvgIpc) is 3.24. The zero-order valence-electron chi connectivity index (χ0n) is 16.5. The van der Waals surface area contributed by atoms with Gasteiger partial charge in [0, 0.05) is 31.6 Å². The molecule has 3 rings (SSSR count). The largest absolute Gasteiger partial charge is 0.495 e. The summed E-state index contributed by atoms with van der Waals surface area (Å²) < 4.78 is 6.78. The second-order valence-corrected chi connectivity index (χ2v) is 7.60. The minimum Gasteiger partial charge on any atom is -0.495 e. The van der Waals surface area contributed by atoms with E-state index in [1.807, 2.05) is 4.90 Å². The summed E-state index contributed by atoms with van der Waals surface area (Å²) >= 11 is 6.09. The van der Waals surface area contributed by atoms with Gasteiger partial charge in [0.15, 0.2) is 0 Å². The average molecular weight is 420 g/mol. The van der Waals surface area contributed by atoms with Crippen LogP contribution in [0.4, 0.5) is 5.69 Å². The Bertz CT molecular complexity index is 828. The van der Waals surface area contributed by atoms with Crippen LogP contribution in [0, 0.1) is 5.92 Å². The highest BCUT2D eigenvalue weighted by molar-refractivity contribution is 6.32. The summed E-state index contributed by atoms with van der Waals surface area (Å²) in [7, 11) is 1.55. The number of nitrogens with one attached hydrogen (secondary N) is 1. The lowest BCUT2D eigenvalue weighted by Gasteiger charge is -2.33. The molecule has 0 aliphatic carbocycles. The molecule has 0 saturated carbocycles. The first-order valence-corrected chi connectivity index (χ1v) is 10.2. The molecule has 1 aromatic carbocycles. The molecule has 156 valence electrons. The molecule has 1 atom stereocenters. The first-order chi connectivity index (χ1) is 14.0. The third-order valence-corrected chi connectivity index (χ3v) is 5.40. The summed E-state index contributed by atoms with van der Waals surface area (Å²) in [6.07, 6.45) is 6.66. The Morgan fingerprint density at radius 2 is 2.21 bits per heavy atom. The van der Waals surface area contributed by atoms with E-state index in [4.69, 9.17) is 16.3 Å². The van der Waals surface area contributed by atoms with E-state index in [1.54, 1.807) is 36.3 Å². The SMILES string of the molecule is COc1ccc(NC(=O)CC[C@H]2CCCN(C(=O)CCn3cncn3)C2)cc1Cl. The highest BCUT2D eigenvalue weighted by Gasteiger charge is 2.24. The highest BCUT2D eigenvalue weighted by atomic mass is 35.5. The maximum Gasteiger partial charge on any atom is 0.224 e. The van der Waals surface area contributed by atoms with Gasteiger partial charge in [-0.2, -0.15) is 5.10 Å². The smallest absolute Gasteiger partial charge is 0.224 e. The molecule has 0 bridgehead atoms. The van der Waals surface area contributed by atoms with Crippen LogP contribution in [0.3, 0.4) is 0 Å². The lowest BCUT2D eigenvalue weighted by atomic mass is 9.93. The number of carbonyl (C=O) groups excluding carboxylic acids is 2. The van der Waals surface area contributed by atoms with Gasteiger partial charge in [0.1, 0.15) is 18.4 Å². The van der Waals surface area contributed by atoms with Crippen LogP contribution in [-0.4, -0.2) is 51.7 Å². The zero-order valence-corrected chi connectivity index (χ0v) is 17.3. The Hall–Kier alpha value is -2.61. The van der Waals surface area contributed by atoms with Crippen LogP contribution in [0.2, 0.25) is 5.02 Å². The van der Waals surface area contributed by atoms with Crippen LogP contribution >= 0.6 is 11.6 Å². The van der Waals surface area contributed by atoms with Crippen molar-refractivity contribution in [2.75, 3.05) is 25.5 Å². The number of carbonyl (C=O) groups is 2. The number of halogens is 1. The Kier molecular flexibility index (Phi) is 7.46. The molecule has 1 fully saturated rings. The molecule has 0 spiro atoms. The third-order valence-electron chi connectivity index (χ3n) is 5.11. The molecular formula is C20H26ClN5O3. The fraction of sp³-hybridized carbons (Fsp3) is 0.500. The van der Waals surface area contributed by atoms with Crippen molar-refractivity contribution in [1.82, 2.24) is 19.7 Å². The first-order valence-electron chi connectivity index (χ1n) is 9.78.